The summed E-state index contributed by atoms with van der Waals surface area (Å²) in [5.74, 6) is 0.0156. The van der Waals surface area contributed by atoms with E-state index in [1.54, 1.807) is 12.1 Å². The average molecular weight is 495 g/mol. The van der Waals surface area contributed by atoms with E-state index >= 15 is 0 Å². The third-order valence-electron chi connectivity index (χ3n) is 6.04. The summed E-state index contributed by atoms with van der Waals surface area (Å²) in [6.45, 7) is 7.69. The number of halogens is 3. The largest absolute Gasteiger partial charge is 0.338 e. The molecule has 0 N–H and O–H groups in total. The fraction of sp³-hybridized carbons (Fsp3) is 0.435. The Hall–Kier alpha value is -1.47. The molecule has 0 saturated carbocycles. The van der Waals surface area contributed by atoms with Crippen LogP contribution < -0.4 is 0 Å². The van der Waals surface area contributed by atoms with Crippen molar-refractivity contribution in [3.63, 3.8) is 0 Å². The summed E-state index contributed by atoms with van der Waals surface area (Å²) in [7, 11) is 0. The Morgan fingerprint density at radius 1 is 1.03 bits per heavy atom. The van der Waals surface area contributed by atoms with E-state index in [0.29, 0.717) is 16.0 Å². The lowest BCUT2D eigenvalue weighted by molar-refractivity contribution is 0.0775. The number of carbonyl (C=O) groups excluding carboxylic acids is 1. The summed E-state index contributed by atoms with van der Waals surface area (Å²) < 4.78 is 14.1. The molecule has 2 aliphatic heterocycles. The summed E-state index contributed by atoms with van der Waals surface area (Å²) in [6, 6.07) is 12.7. The first kappa shape index (κ1) is 21.8. The summed E-state index contributed by atoms with van der Waals surface area (Å²) in [5, 5.41) is 0.776. The highest BCUT2D eigenvalue weighted by Gasteiger charge is 2.29. The Bertz CT molecular complexity index is 887. The average Bonchev–Trinajstić information content (AvgIpc) is 3.21. The molecule has 2 fully saturated rings. The maximum absolute atomic E-state index is 13.8. The van der Waals surface area contributed by atoms with Crippen LogP contribution in [0.25, 0.3) is 0 Å². The molecule has 160 valence electrons. The topological polar surface area (TPSA) is 26.8 Å². The quantitative estimate of drug-likeness (QED) is 0.611. The molecule has 0 radical (unpaired) electrons. The zero-order valence-electron chi connectivity index (χ0n) is 16.9. The van der Waals surface area contributed by atoms with Crippen LogP contribution in [0.15, 0.2) is 46.9 Å². The van der Waals surface area contributed by atoms with E-state index in [1.165, 1.54) is 11.6 Å². The van der Waals surface area contributed by atoms with E-state index in [0.717, 1.165) is 63.8 Å². The minimum atomic E-state index is -0.395. The van der Waals surface area contributed by atoms with Crippen molar-refractivity contribution in [2.24, 2.45) is 5.92 Å². The van der Waals surface area contributed by atoms with E-state index in [9.17, 15) is 9.18 Å². The van der Waals surface area contributed by atoms with Crippen molar-refractivity contribution in [1.29, 1.82) is 0 Å². The van der Waals surface area contributed by atoms with Gasteiger partial charge in [-0.15, -0.1) is 0 Å². The minimum Gasteiger partial charge on any atom is -0.338 e. The number of rotatable bonds is 5. The summed E-state index contributed by atoms with van der Waals surface area (Å²) in [4.78, 5) is 19.6. The van der Waals surface area contributed by atoms with Gasteiger partial charge in [-0.2, -0.15) is 0 Å². The van der Waals surface area contributed by atoms with Crippen LogP contribution in [-0.4, -0.2) is 66.4 Å². The second-order valence-corrected chi connectivity index (χ2v) is 9.53. The van der Waals surface area contributed by atoms with Crippen molar-refractivity contribution in [2.45, 2.75) is 13.0 Å². The highest BCUT2D eigenvalue weighted by molar-refractivity contribution is 9.10. The predicted octanol–water partition coefficient (Wildman–Crippen LogP) is 4.52. The van der Waals surface area contributed by atoms with E-state index < -0.39 is 5.82 Å². The van der Waals surface area contributed by atoms with Gasteiger partial charge in [0, 0.05) is 62.9 Å². The van der Waals surface area contributed by atoms with E-state index in [2.05, 4.69) is 37.9 Å². The molecule has 7 heteroatoms. The number of hydrogen-bond acceptors (Lipinski definition) is 3. The fourth-order valence-electron chi connectivity index (χ4n) is 4.32. The number of amides is 1. The number of likely N-dealkylation sites (tertiary alicyclic amines) is 1. The van der Waals surface area contributed by atoms with Gasteiger partial charge in [-0.05, 0) is 64.2 Å². The summed E-state index contributed by atoms with van der Waals surface area (Å²) in [6.07, 6.45) is 1.01. The van der Waals surface area contributed by atoms with Crippen molar-refractivity contribution in [3.8, 4) is 0 Å². The number of nitrogens with zero attached hydrogens (tertiary/aromatic N) is 3. The standard InChI is InChI=1S/C23H26BrClFN3O/c24-21-6-3-19(13-22(21)26)23(30)29-8-7-18(16-29)15-28-11-9-27(10-12-28)14-17-1-4-20(25)5-2-17/h1-6,13,18H,7-12,14-16H2. The molecule has 4 rings (SSSR count). The van der Waals surface area contributed by atoms with Gasteiger partial charge in [0.15, 0.2) is 0 Å². The molecule has 2 heterocycles. The van der Waals surface area contributed by atoms with Crippen molar-refractivity contribution < 1.29 is 9.18 Å². The van der Waals surface area contributed by atoms with Gasteiger partial charge in [0.1, 0.15) is 5.82 Å². The molecule has 1 unspecified atom stereocenters. The lowest BCUT2D eigenvalue weighted by atomic mass is 10.1. The lowest BCUT2D eigenvalue weighted by Gasteiger charge is -2.36. The number of hydrogen-bond donors (Lipinski definition) is 0. The van der Waals surface area contributed by atoms with Crippen LogP contribution in [0.3, 0.4) is 0 Å². The smallest absolute Gasteiger partial charge is 0.253 e. The Morgan fingerprint density at radius 2 is 1.73 bits per heavy atom. The second-order valence-electron chi connectivity index (χ2n) is 8.24. The van der Waals surface area contributed by atoms with Gasteiger partial charge >= 0.3 is 0 Å². The molecule has 2 aliphatic rings. The molecule has 2 saturated heterocycles. The van der Waals surface area contributed by atoms with Crippen molar-refractivity contribution in [2.75, 3.05) is 45.8 Å². The van der Waals surface area contributed by atoms with Crippen LogP contribution in [0.4, 0.5) is 4.39 Å². The Kier molecular flexibility index (Phi) is 7.08. The lowest BCUT2D eigenvalue weighted by Crippen LogP contribution is -2.47. The maximum Gasteiger partial charge on any atom is 0.253 e. The zero-order chi connectivity index (χ0) is 21.1. The van der Waals surface area contributed by atoms with Gasteiger partial charge in [-0.1, -0.05) is 23.7 Å². The van der Waals surface area contributed by atoms with Gasteiger partial charge in [0.2, 0.25) is 0 Å². The van der Waals surface area contributed by atoms with Gasteiger partial charge in [0.05, 0.1) is 4.47 Å². The van der Waals surface area contributed by atoms with E-state index in [4.69, 9.17) is 11.6 Å². The molecule has 4 nitrogen and oxygen atoms in total. The summed E-state index contributed by atoms with van der Waals surface area (Å²) >= 11 is 9.11. The monoisotopic (exact) mass is 493 g/mol. The number of carbonyl (C=O) groups is 1. The Balaban J connectivity index is 1.23. The first-order chi connectivity index (χ1) is 14.5. The van der Waals surface area contributed by atoms with Gasteiger partial charge in [-0.3, -0.25) is 9.69 Å². The third kappa shape index (κ3) is 5.41. The molecule has 0 aromatic heterocycles. The molecule has 0 bridgehead atoms. The first-order valence-electron chi connectivity index (χ1n) is 10.4. The van der Waals surface area contributed by atoms with Crippen molar-refractivity contribution in [1.82, 2.24) is 14.7 Å². The molecule has 0 aliphatic carbocycles. The Labute approximate surface area is 190 Å². The van der Waals surface area contributed by atoms with Crippen molar-refractivity contribution in [3.05, 3.63) is 68.9 Å². The van der Waals surface area contributed by atoms with E-state index in [-0.39, 0.29) is 5.91 Å². The van der Waals surface area contributed by atoms with E-state index in [1.807, 2.05) is 17.0 Å². The molecule has 2 aromatic rings. The summed E-state index contributed by atoms with van der Waals surface area (Å²) in [5.41, 5.74) is 1.72. The van der Waals surface area contributed by atoms with Crippen LogP contribution in [-0.2, 0) is 6.54 Å². The first-order valence-corrected chi connectivity index (χ1v) is 11.6. The highest BCUT2D eigenvalue weighted by Crippen LogP contribution is 2.23. The zero-order valence-corrected chi connectivity index (χ0v) is 19.2. The highest BCUT2D eigenvalue weighted by atomic mass is 79.9. The number of piperazine rings is 1. The van der Waals surface area contributed by atoms with Crippen LogP contribution in [0, 0.1) is 11.7 Å². The van der Waals surface area contributed by atoms with Crippen molar-refractivity contribution >= 4 is 33.4 Å². The molecule has 2 aromatic carbocycles. The molecule has 1 atom stereocenters. The van der Waals surface area contributed by atoms with Gasteiger partial charge in [-0.25, -0.2) is 4.39 Å². The molecule has 0 spiro atoms. The third-order valence-corrected chi connectivity index (χ3v) is 6.94. The molecule has 30 heavy (non-hydrogen) atoms. The van der Waals surface area contributed by atoms with Crippen LogP contribution >= 0.6 is 27.5 Å². The minimum absolute atomic E-state index is 0.0725. The maximum atomic E-state index is 13.8. The normalized spacial score (nSPS) is 20.6. The van der Waals surface area contributed by atoms with Gasteiger partial charge in [0.25, 0.3) is 5.91 Å². The second kappa shape index (κ2) is 9.77. The van der Waals surface area contributed by atoms with Crippen LogP contribution in [0.1, 0.15) is 22.3 Å². The van der Waals surface area contributed by atoms with Gasteiger partial charge < -0.3 is 9.80 Å². The fourth-order valence-corrected chi connectivity index (χ4v) is 4.69. The molecular weight excluding hydrogens is 469 g/mol. The Morgan fingerprint density at radius 3 is 2.43 bits per heavy atom. The SMILES string of the molecule is O=C(c1ccc(Br)c(F)c1)N1CCC(CN2CCN(Cc3ccc(Cl)cc3)CC2)C1. The molecular formula is C23H26BrClFN3O. The van der Waals surface area contributed by atoms with Crippen LogP contribution in [0.5, 0.6) is 0 Å². The number of benzene rings is 2. The molecule has 1 amide bonds. The van der Waals surface area contributed by atoms with Crippen LogP contribution in [0.2, 0.25) is 5.02 Å². The predicted molar refractivity (Wildman–Crippen MR) is 121 cm³/mol.